The summed E-state index contributed by atoms with van der Waals surface area (Å²) in [6.45, 7) is 0.489. The summed E-state index contributed by atoms with van der Waals surface area (Å²) in [6, 6.07) is 3.65. The van der Waals surface area contributed by atoms with Crippen LogP contribution in [0, 0.1) is 11.6 Å². The van der Waals surface area contributed by atoms with Gasteiger partial charge < -0.3 is 10.6 Å². The van der Waals surface area contributed by atoms with Crippen molar-refractivity contribution in [1.29, 1.82) is 0 Å². The van der Waals surface area contributed by atoms with Crippen molar-refractivity contribution in [3.8, 4) is 0 Å². The third-order valence-corrected chi connectivity index (χ3v) is 1.83. The van der Waals surface area contributed by atoms with Crippen molar-refractivity contribution < 1.29 is 13.6 Å². The van der Waals surface area contributed by atoms with Gasteiger partial charge >= 0.3 is 0 Å². The molecule has 0 saturated heterocycles. The van der Waals surface area contributed by atoms with Crippen molar-refractivity contribution in [2.45, 2.75) is 6.42 Å². The second-order valence-corrected chi connectivity index (χ2v) is 3.00. The van der Waals surface area contributed by atoms with Gasteiger partial charge in [-0.25, -0.2) is 8.78 Å². The maximum absolute atomic E-state index is 13.1. The van der Waals surface area contributed by atoms with Gasteiger partial charge in [0.15, 0.2) is 11.6 Å². The van der Waals surface area contributed by atoms with Crippen molar-refractivity contribution in [3.05, 3.63) is 29.8 Å². The van der Waals surface area contributed by atoms with Gasteiger partial charge in [-0.2, -0.15) is 0 Å². The van der Waals surface area contributed by atoms with Gasteiger partial charge in [-0.05, 0) is 19.2 Å². The van der Waals surface area contributed by atoms with Crippen LogP contribution in [0.15, 0.2) is 18.2 Å². The summed E-state index contributed by atoms with van der Waals surface area (Å²) in [5.74, 6) is -2.36. The van der Waals surface area contributed by atoms with Crippen LogP contribution in [0.25, 0.3) is 0 Å². The average molecular weight is 214 g/mol. The first kappa shape index (κ1) is 11.6. The van der Waals surface area contributed by atoms with E-state index in [-0.39, 0.29) is 18.0 Å². The molecule has 0 aliphatic rings. The molecule has 0 radical (unpaired) electrons. The minimum atomic E-state index is -1.03. The Balaban J connectivity index is 2.64. The maximum Gasteiger partial charge on any atom is 0.225 e. The third kappa shape index (κ3) is 3.28. The maximum atomic E-state index is 13.1. The average Bonchev–Trinajstić information content (AvgIpc) is 2.22. The SMILES string of the molecule is CNCCC(=O)Nc1cccc(F)c1F. The predicted molar refractivity (Wildman–Crippen MR) is 53.5 cm³/mol. The molecule has 1 aromatic carbocycles. The standard InChI is InChI=1S/C10H12F2N2O/c1-13-6-5-9(15)14-8-4-2-3-7(11)10(8)12/h2-4,13H,5-6H2,1H3,(H,14,15). The summed E-state index contributed by atoms with van der Waals surface area (Å²) in [6.07, 6.45) is 0.215. The Hall–Kier alpha value is -1.49. The molecule has 2 N–H and O–H groups in total. The first-order valence-electron chi connectivity index (χ1n) is 4.53. The molecule has 0 heterocycles. The smallest absolute Gasteiger partial charge is 0.225 e. The number of benzene rings is 1. The van der Waals surface area contributed by atoms with Crippen molar-refractivity contribution in [2.75, 3.05) is 18.9 Å². The second-order valence-electron chi connectivity index (χ2n) is 3.00. The van der Waals surface area contributed by atoms with Gasteiger partial charge in [0.2, 0.25) is 5.91 Å². The number of amides is 1. The molecule has 5 heteroatoms. The molecule has 0 fully saturated rings. The summed E-state index contributed by atoms with van der Waals surface area (Å²) >= 11 is 0. The van der Waals surface area contributed by atoms with Crippen molar-refractivity contribution >= 4 is 11.6 Å². The van der Waals surface area contributed by atoms with Crippen molar-refractivity contribution in [2.24, 2.45) is 0 Å². The van der Waals surface area contributed by atoms with Crippen molar-refractivity contribution in [1.82, 2.24) is 5.32 Å². The van der Waals surface area contributed by atoms with Gasteiger partial charge in [-0.1, -0.05) is 6.07 Å². The number of anilines is 1. The van der Waals surface area contributed by atoms with Crippen LogP contribution < -0.4 is 10.6 Å². The summed E-state index contributed by atoms with van der Waals surface area (Å²) in [7, 11) is 1.70. The highest BCUT2D eigenvalue weighted by Gasteiger charge is 2.09. The number of hydrogen-bond acceptors (Lipinski definition) is 2. The van der Waals surface area contributed by atoms with E-state index >= 15 is 0 Å². The molecule has 0 aliphatic heterocycles. The van der Waals surface area contributed by atoms with Gasteiger partial charge in [0.05, 0.1) is 5.69 Å². The molecule has 0 aliphatic carbocycles. The first-order valence-corrected chi connectivity index (χ1v) is 4.53. The van der Waals surface area contributed by atoms with Gasteiger partial charge in [-0.15, -0.1) is 0 Å². The molecular formula is C10H12F2N2O. The summed E-state index contributed by atoms with van der Waals surface area (Å²) in [4.78, 5) is 11.2. The lowest BCUT2D eigenvalue weighted by molar-refractivity contribution is -0.116. The monoisotopic (exact) mass is 214 g/mol. The molecule has 15 heavy (non-hydrogen) atoms. The first-order chi connectivity index (χ1) is 7.15. The molecule has 82 valence electrons. The molecule has 1 amide bonds. The Morgan fingerprint density at radius 1 is 1.40 bits per heavy atom. The van der Waals surface area contributed by atoms with E-state index < -0.39 is 11.6 Å². The minimum absolute atomic E-state index is 0.129. The molecular weight excluding hydrogens is 202 g/mol. The molecule has 0 aromatic heterocycles. The van der Waals surface area contributed by atoms with E-state index in [0.717, 1.165) is 6.07 Å². The lowest BCUT2D eigenvalue weighted by Crippen LogP contribution is -2.19. The zero-order chi connectivity index (χ0) is 11.3. The van der Waals surface area contributed by atoms with E-state index in [9.17, 15) is 13.6 Å². The minimum Gasteiger partial charge on any atom is -0.323 e. The van der Waals surface area contributed by atoms with E-state index in [1.165, 1.54) is 12.1 Å². The normalized spacial score (nSPS) is 10.1. The topological polar surface area (TPSA) is 41.1 Å². The molecule has 1 rings (SSSR count). The van der Waals surface area contributed by atoms with Gasteiger partial charge in [0.1, 0.15) is 0 Å². The summed E-state index contributed by atoms with van der Waals surface area (Å²) in [5, 5.41) is 5.07. The molecule has 0 spiro atoms. The highest BCUT2D eigenvalue weighted by Crippen LogP contribution is 2.16. The quantitative estimate of drug-likeness (QED) is 0.797. The van der Waals surface area contributed by atoms with E-state index in [1.807, 2.05) is 0 Å². The molecule has 0 atom stereocenters. The number of rotatable bonds is 4. The van der Waals surface area contributed by atoms with Crippen LogP contribution in [0.2, 0.25) is 0 Å². The molecule has 3 nitrogen and oxygen atoms in total. The third-order valence-electron chi connectivity index (χ3n) is 1.83. The Kier molecular flexibility index (Phi) is 4.17. The van der Waals surface area contributed by atoms with Gasteiger partial charge in [0, 0.05) is 13.0 Å². The molecule has 0 unspecified atom stereocenters. The Morgan fingerprint density at radius 3 is 2.80 bits per heavy atom. The fourth-order valence-corrected chi connectivity index (χ4v) is 1.05. The van der Waals surface area contributed by atoms with Gasteiger partial charge in [-0.3, -0.25) is 4.79 Å². The van der Waals surface area contributed by atoms with E-state index in [2.05, 4.69) is 10.6 Å². The van der Waals surface area contributed by atoms with Crippen LogP contribution in [-0.4, -0.2) is 19.5 Å². The van der Waals surface area contributed by atoms with Crippen LogP contribution >= 0.6 is 0 Å². The second kappa shape index (κ2) is 5.41. The molecule has 0 bridgehead atoms. The number of hydrogen-bond donors (Lipinski definition) is 2. The predicted octanol–water partition coefficient (Wildman–Crippen LogP) is 1.51. The summed E-state index contributed by atoms with van der Waals surface area (Å²) in [5.41, 5.74) is -0.129. The zero-order valence-corrected chi connectivity index (χ0v) is 8.31. The van der Waals surface area contributed by atoms with Crippen LogP contribution in [0.1, 0.15) is 6.42 Å². The van der Waals surface area contributed by atoms with Crippen LogP contribution in [-0.2, 0) is 4.79 Å². The van der Waals surface area contributed by atoms with Crippen LogP contribution in [0.3, 0.4) is 0 Å². The Labute approximate surface area is 86.5 Å². The van der Waals surface area contributed by atoms with E-state index in [1.54, 1.807) is 7.05 Å². The lowest BCUT2D eigenvalue weighted by Gasteiger charge is -2.06. The van der Waals surface area contributed by atoms with E-state index in [4.69, 9.17) is 0 Å². The fourth-order valence-electron chi connectivity index (χ4n) is 1.05. The van der Waals surface area contributed by atoms with Crippen LogP contribution in [0.4, 0.5) is 14.5 Å². The van der Waals surface area contributed by atoms with Gasteiger partial charge in [0.25, 0.3) is 0 Å². The highest BCUT2D eigenvalue weighted by atomic mass is 19.2. The number of nitrogens with one attached hydrogen (secondary N) is 2. The molecule has 1 aromatic rings. The zero-order valence-electron chi connectivity index (χ0n) is 8.31. The summed E-state index contributed by atoms with van der Waals surface area (Å²) < 4.78 is 25.8. The Bertz CT molecular complexity index is 355. The van der Waals surface area contributed by atoms with Crippen molar-refractivity contribution in [3.63, 3.8) is 0 Å². The van der Waals surface area contributed by atoms with Crippen LogP contribution in [0.5, 0.6) is 0 Å². The number of carbonyl (C=O) groups is 1. The molecule has 0 saturated carbocycles. The largest absolute Gasteiger partial charge is 0.323 e. The number of halogens is 2. The Morgan fingerprint density at radius 2 is 2.13 bits per heavy atom. The van der Waals surface area contributed by atoms with E-state index in [0.29, 0.717) is 6.54 Å². The number of carbonyl (C=O) groups excluding carboxylic acids is 1. The highest BCUT2D eigenvalue weighted by molar-refractivity contribution is 5.90. The fraction of sp³-hybridized carbons (Fsp3) is 0.300. The lowest BCUT2D eigenvalue weighted by atomic mass is 10.3.